The molecule has 0 aliphatic rings. The van der Waals surface area contributed by atoms with E-state index < -0.39 is 17.6 Å². The third-order valence-corrected chi connectivity index (χ3v) is 3.78. The van der Waals surface area contributed by atoms with Gasteiger partial charge in [0.2, 0.25) is 5.95 Å². The molecule has 1 aromatic carbocycles. The Balaban J connectivity index is 1.63. The largest absolute Gasteiger partial charge is 0.416 e. The molecule has 3 aromatic rings. The normalized spacial score (nSPS) is 11.5. The number of aromatic nitrogens is 3. The van der Waals surface area contributed by atoms with Crippen LogP contribution in [0.3, 0.4) is 0 Å². The Morgan fingerprint density at radius 3 is 2.50 bits per heavy atom. The molecular formula is C19H17F4N7. The number of halogens is 4. The van der Waals surface area contributed by atoms with Crippen molar-refractivity contribution in [2.24, 2.45) is 5.10 Å². The first-order chi connectivity index (χ1) is 14.2. The highest BCUT2D eigenvalue weighted by atomic mass is 19.4. The van der Waals surface area contributed by atoms with Crippen molar-refractivity contribution in [2.75, 3.05) is 29.7 Å². The highest BCUT2D eigenvalue weighted by molar-refractivity contribution is 5.78. The van der Waals surface area contributed by atoms with Crippen LogP contribution in [0.1, 0.15) is 11.3 Å². The summed E-state index contributed by atoms with van der Waals surface area (Å²) in [5.74, 6) is -0.329. The summed E-state index contributed by atoms with van der Waals surface area (Å²) in [5.41, 5.74) is 3.12. The number of pyridine rings is 1. The van der Waals surface area contributed by atoms with Crippen molar-refractivity contribution < 1.29 is 17.6 Å². The summed E-state index contributed by atoms with van der Waals surface area (Å²) < 4.78 is 52.0. The fourth-order valence-electron chi connectivity index (χ4n) is 2.38. The van der Waals surface area contributed by atoms with Crippen LogP contribution in [0.5, 0.6) is 0 Å². The van der Waals surface area contributed by atoms with Gasteiger partial charge in [0.15, 0.2) is 11.6 Å². The number of hydrogen-bond acceptors (Lipinski definition) is 7. The summed E-state index contributed by atoms with van der Waals surface area (Å²) in [6.07, 6.45) is -0.520. The van der Waals surface area contributed by atoms with Crippen LogP contribution < -0.4 is 15.6 Å². The van der Waals surface area contributed by atoms with Crippen molar-refractivity contribution in [1.29, 1.82) is 0 Å². The second-order valence-electron chi connectivity index (χ2n) is 6.30. The van der Waals surface area contributed by atoms with E-state index in [0.29, 0.717) is 17.1 Å². The average molecular weight is 419 g/mol. The van der Waals surface area contributed by atoms with Gasteiger partial charge in [-0.05, 0) is 30.3 Å². The van der Waals surface area contributed by atoms with E-state index in [1.54, 1.807) is 26.2 Å². The van der Waals surface area contributed by atoms with Gasteiger partial charge in [-0.3, -0.25) is 4.98 Å². The van der Waals surface area contributed by atoms with Gasteiger partial charge in [0, 0.05) is 19.8 Å². The fraction of sp³-hybridized carbons (Fsp3) is 0.158. The zero-order chi connectivity index (χ0) is 21.7. The first-order valence-corrected chi connectivity index (χ1v) is 8.61. The van der Waals surface area contributed by atoms with Crippen LogP contribution >= 0.6 is 0 Å². The molecular weight excluding hydrogens is 402 g/mol. The maximum absolute atomic E-state index is 13.6. The Kier molecular flexibility index (Phi) is 6.09. The standard InChI is InChI=1S/C19H17F4N7/c1-30(2)17-16(20)11-25-18(28-17)29-26-10-14-6-7-15(9-24-14)27-13-5-3-4-12(8-13)19(21,22)23/h3-11,27H,1-2H3,(H,25,28,29)/b26-10-. The van der Waals surface area contributed by atoms with Gasteiger partial charge in [-0.25, -0.2) is 14.8 Å². The molecule has 2 heterocycles. The molecule has 2 N–H and O–H groups in total. The lowest BCUT2D eigenvalue weighted by Crippen LogP contribution is -2.14. The minimum atomic E-state index is -4.41. The van der Waals surface area contributed by atoms with E-state index in [0.717, 1.165) is 18.3 Å². The first kappa shape index (κ1) is 21.0. The van der Waals surface area contributed by atoms with Crippen LogP contribution in [0.25, 0.3) is 0 Å². The summed E-state index contributed by atoms with van der Waals surface area (Å²) in [6, 6.07) is 8.14. The zero-order valence-electron chi connectivity index (χ0n) is 15.9. The van der Waals surface area contributed by atoms with Gasteiger partial charge in [0.25, 0.3) is 0 Å². The minimum absolute atomic E-state index is 0.110. The first-order valence-electron chi connectivity index (χ1n) is 8.61. The van der Waals surface area contributed by atoms with E-state index in [4.69, 9.17) is 0 Å². The van der Waals surface area contributed by atoms with Crippen molar-refractivity contribution >= 4 is 29.4 Å². The Hall–Kier alpha value is -3.76. The Bertz CT molecular complexity index is 1030. The molecule has 11 heteroatoms. The van der Waals surface area contributed by atoms with E-state index in [1.165, 1.54) is 29.4 Å². The monoisotopic (exact) mass is 419 g/mol. The summed E-state index contributed by atoms with van der Waals surface area (Å²) >= 11 is 0. The lowest BCUT2D eigenvalue weighted by molar-refractivity contribution is -0.137. The lowest BCUT2D eigenvalue weighted by atomic mass is 10.2. The predicted octanol–water partition coefficient (Wildman–Crippen LogP) is 4.29. The number of nitrogens with zero attached hydrogens (tertiary/aromatic N) is 5. The van der Waals surface area contributed by atoms with E-state index in [9.17, 15) is 17.6 Å². The van der Waals surface area contributed by atoms with Gasteiger partial charge in [0.1, 0.15) is 0 Å². The molecule has 0 fully saturated rings. The molecule has 0 atom stereocenters. The van der Waals surface area contributed by atoms with E-state index >= 15 is 0 Å². The fourth-order valence-corrected chi connectivity index (χ4v) is 2.38. The van der Waals surface area contributed by atoms with Crippen molar-refractivity contribution in [3.8, 4) is 0 Å². The third-order valence-electron chi connectivity index (χ3n) is 3.78. The molecule has 7 nitrogen and oxygen atoms in total. The van der Waals surface area contributed by atoms with Gasteiger partial charge < -0.3 is 10.2 Å². The third kappa shape index (κ3) is 5.40. The van der Waals surface area contributed by atoms with Gasteiger partial charge in [0.05, 0.1) is 35.6 Å². The lowest BCUT2D eigenvalue weighted by Gasteiger charge is -2.12. The summed E-state index contributed by atoms with van der Waals surface area (Å²) in [6.45, 7) is 0. The van der Waals surface area contributed by atoms with Crippen LogP contribution in [-0.4, -0.2) is 35.3 Å². The molecule has 0 aliphatic carbocycles. The van der Waals surface area contributed by atoms with Gasteiger partial charge in [-0.1, -0.05) is 6.07 Å². The molecule has 0 unspecified atom stereocenters. The summed E-state index contributed by atoms with van der Waals surface area (Å²) in [4.78, 5) is 13.4. The molecule has 156 valence electrons. The summed E-state index contributed by atoms with van der Waals surface area (Å²) in [5, 5.41) is 6.81. The van der Waals surface area contributed by atoms with E-state index in [2.05, 4.69) is 30.8 Å². The zero-order valence-corrected chi connectivity index (χ0v) is 15.9. The molecule has 0 bridgehead atoms. The molecule has 0 amide bonds. The topological polar surface area (TPSA) is 78.3 Å². The van der Waals surface area contributed by atoms with E-state index in [1.807, 2.05) is 0 Å². The van der Waals surface area contributed by atoms with Crippen LogP contribution in [0, 0.1) is 5.82 Å². The average Bonchev–Trinajstić information content (AvgIpc) is 2.70. The number of benzene rings is 1. The second-order valence-corrected chi connectivity index (χ2v) is 6.30. The Morgan fingerprint density at radius 2 is 1.83 bits per heavy atom. The molecule has 0 radical (unpaired) electrons. The highest BCUT2D eigenvalue weighted by Gasteiger charge is 2.30. The molecule has 0 saturated heterocycles. The van der Waals surface area contributed by atoms with Gasteiger partial charge >= 0.3 is 6.18 Å². The Morgan fingerprint density at radius 1 is 1.03 bits per heavy atom. The number of hydrogen-bond donors (Lipinski definition) is 2. The molecule has 30 heavy (non-hydrogen) atoms. The molecule has 0 saturated carbocycles. The van der Waals surface area contributed by atoms with Crippen molar-refractivity contribution in [2.45, 2.75) is 6.18 Å². The number of nitrogens with one attached hydrogen (secondary N) is 2. The number of alkyl halides is 3. The highest BCUT2D eigenvalue weighted by Crippen LogP contribution is 2.31. The van der Waals surface area contributed by atoms with Crippen LogP contribution in [0.4, 0.5) is 40.7 Å². The number of anilines is 4. The van der Waals surface area contributed by atoms with Crippen LogP contribution in [0.15, 0.2) is 53.9 Å². The van der Waals surface area contributed by atoms with Crippen LogP contribution in [0.2, 0.25) is 0 Å². The van der Waals surface area contributed by atoms with Crippen LogP contribution in [-0.2, 0) is 6.18 Å². The number of hydrazone groups is 1. The predicted molar refractivity (Wildman–Crippen MR) is 106 cm³/mol. The molecule has 0 spiro atoms. The second kappa shape index (κ2) is 8.72. The van der Waals surface area contributed by atoms with E-state index in [-0.39, 0.29) is 11.8 Å². The SMILES string of the molecule is CN(C)c1nc(N/N=C\c2ccc(Nc3cccc(C(F)(F)F)c3)cn2)ncc1F. The maximum Gasteiger partial charge on any atom is 0.416 e. The molecule has 0 aliphatic heterocycles. The smallest absolute Gasteiger partial charge is 0.360 e. The number of rotatable bonds is 6. The molecule has 2 aromatic heterocycles. The van der Waals surface area contributed by atoms with Gasteiger partial charge in [-0.15, -0.1) is 0 Å². The maximum atomic E-state index is 13.6. The Labute approximate surface area is 169 Å². The van der Waals surface area contributed by atoms with Crippen molar-refractivity contribution in [3.63, 3.8) is 0 Å². The van der Waals surface area contributed by atoms with Gasteiger partial charge in [-0.2, -0.15) is 23.3 Å². The van der Waals surface area contributed by atoms with Crippen molar-refractivity contribution in [3.05, 3.63) is 65.9 Å². The quantitative estimate of drug-likeness (QED) is 0.353. The minimum Gasteiger partial charge on any atom is -0.360 e. The molecule has 3 rings (SSSR count). The summed E-state index contributed by atoms with van der Waals surface area (Å²) in [7, 11) is 3.30. The van der Waals surface area contributed by atoms with Crippen molar-refractivity contribution in [1.82, 2.24) is 15.0 Å².